The number of nitrogens with one attached hydrogen (secondary N) is 2. The fraction of sp³-hybridized carbons (Fsp3) is 0.429. The predicted octanol–water partition coefficient (Wildman–Crippen LogP) is 5.76. The average Bonchev–Trinajstić information content (AvgIpc) is 3.66. The molecule has 0 aromatic heterocycles. The molecule has 0 unspecified atom stereocenters. The van der Waals surface area contributed by atoms with Crippen molar-refractivity contribution in [2.24, 2.45) is 23.7 Å². The summed E-state index contributed by atoms with van der Waals surface area (Å²) in [4.78, 5) is 51.5. The lowest BCUT2D eigenvalue weighted by atomic mass is 9.77. The minimum Gasteiger partial charge on any atom is -0.426 e. The van der Waals surface area contributed by atoms with Crippen molar-refractivity contribution in [1.82, 2.24) is 10.6 Å². The molecular formula is C42H48N2O8. The van der Waals surface area contributed by atoms with E-state index >= 15 is 0 Å². The monoisotopic (exact) mass is 708 g/mol. The summed E-state index contributed by atoms with van der Waals surface area (Å²) in [5, 5.41) is 29.3. The number of carbonyl (C=O) groups is 4. The third kappa shape index (κ3) is 7.27. The number of amides is 2. The summed E-state index contributed by atoms with van der Waals surface area (Å²) in [6.07, 6.45) is 1.08. The van der Waals surface area contributed by atoms with Gasteiger partial charge in [0.25, 0.3) is 0 Å². The molecule has 2 aliphatic heterocycles. The molecule has 0 saturated carbocycles. The lowest BCUT2D eigenvalue weighted by Gasteiger charge is -2.26. The number of hydrogen-bond acceptors (Lipinski definition) is 8. The van der Waals surface area contributed by atoms with Gasteiger partial charge < -0.3 is 30.3 Å². The van der Waals surface area contributed by atoms with Gasteiger partial charge in [0.05, 0.1) is 25.3 Å². The first-order valence-electron chi connectivity index (χ1n) is 18.3. The SMILES string of the molecule is CC(C)[C@H]1C(=O)N[C@H](CO)[C@H]1c1ccc(OC(=O)CCCCC(=O)Oc2ccc([C@H]3[C@@H](C(C)C)C(=O)N[C@@H]3CO)c3ccccc23)c2ccccc12. The van der Waals surface area contributed by atoms with E-state index in [1.807, 2.05) is 88.4 Å². The third-order valence-electron chi connectivity index (χ3n) is 10.7. The van der Waals surface area contributed by atoms with Crippen molar-refractivity contribution in [2.45, 2.75) is 77.3 Å². The van der Waals surface area contributed by atoms with E-state index in [0.29, 0.717) is 24.3 Å². The number of benzene rings is 4. The van der Waals surface area contributed by atoms with Crippen LogP contribution in [0, 0.1) is 23.7 Å². The van der Waals surface area contributed by atoms with Crippen molar-refractivity contribution in [3.63, 3.8) is 0 Å². The quantitative estimate of drug-likeness (QED) is 0.0778. The van der Waals surface area contributed by atoms with Crippen molar-refractivity contribution < 1.29 is 38.9 Å². The number of esters is 2. The topological polar surface area (TPSA) is 151 Å². The number of hydrogen-bond donors (Lipinski definition) is 4. The van der Waals surface area contributed by atoms with Crippen LogP contribution in [0.15, 0.2) is 72.8 Å². The van der Waals surface area contributed by atoms with Gasteiger partial charge in [-0.05, 0) is 58.7 Å². The molecule has 2 amide bonds. The van der Waals surface area contributed by atoms with E-state index in [4.69, 9.17) is 9.47 Å². The molecule has 0 bridgehead atoms. The molecule has 4 aromatic carbocycles. The van der Waals surface area contributed by atoms with Crippen LogP contribution in [0.4, 0.5) is 0 Å². The molecule has 10 heteroatoms. The second-order valence-corrected chi connectivity index (χ2v) is 14.7. The molecule has 0 aliphatic carbocycles. The van der Waals surface area contributed by atoms with Crippen molar-refractivity contribution in [2.75, 3.05) is 13.2 Å². The number of unbranched alkanes of at least 4 members (excludes halogenated alkanes) is 1. The minimum absolute atomic E-state index is 0.0682. The molecule has 2 heterocycles. The minimum atomic E-state index is -0.417. The van der Waals surface area contributed by atoms with Gasteiger partial charge in [0.1, 0.15) is 11.5 Å². The fourth-order valence-electron chi connectivity index (χ4n) is 8.37. The van der Waals surface area contributed by atoms with Crippen molar-refractivity contribution in [3.05, 3.63) is 83.9 Å². The number of aliphatic hydroxyl groups excluding tert-OH is 2. The first kappa shape index (κ1) is 37.0. The maximum atomic E-state index is 13.0. The van der Waals surface area contributed by atoms with Gasteiger partial charge in [-0.25, -0.2) is 0 Å². The van der Waals surface area contributed by atoms with Gasteiger partial charge in [0.15, 0.2) is 0 Å². The lowest BCUT2D eigenvalue weighted by molar-refractivity contribution is -0.136. The van der Waals surface area contributed by atoms with Gasteiger partial charge in [0, 0.05) is 47.3 Å². The maximum absolute atomic E-state index is 13.0. The summed E-state index contributed by atoms with van der Waals surface area (Å²) >= 11 is 0. The smallest absolute Gasteiger partial charge is 0.311 e. The van der Waals surface area contributed by atoms with Gasteiger partial charge in [-0.1, -0.05) is 88.4 Å². The standard InChI is InChI=1S/C42H48N2O8/c1-23(2)37-39(31(21-45)43-41(37)49)29-17-19-33(27-13-7-5-11-25(27)29)51-35(47)15-9-10-16-36(48)52-34-20-18-30(26-12-6-8-14-28(26)34)40-32(22-46)44-42(50)38(40)24(3)4/h5-8,11-14,17-20,23-24,31-32,37-40,45-46H,9-10,15-16,21-22H2,1-4H3,(H,43,49)(H,44,50)/t31-,32-,37-,38-,39-,40-/m1/s1. The average molecular weight is 709 g/mol. The van der Waals surface area contributed by atoms with Gasteiger partial charge in [-0.3, -0.25) is 19.2 Å². The zero-order chi connectivity index (χ0) is 37.1. The van der Waals surface area contributed by atoms with Gasteiger partial charge >= 0.3 is 11.9 Å². The molecule has 2 fully saturated rings. The van der Waals surface area contributed by atoms with Crippen LogP contribution in [-0.2, 0) is 19.2 Å². The second-order valence-electron chi connectivity index (χ2n) is 14.7. The highest BCUT2D eigenvalue weighted by molar-refractivity contribution is 5.96. The summed E-state index contributed by atoms with van der Waals surface area (Å²) in [6.45, 7) is 7.67. The summed E-state index contributed by atoms with van der Waals surface area (Å²) < 4.78 is 11.6. The normalized spacial score (nSPS) is 23.0. The first-order chi connectivity index (χ1) is 25.0. The van der Waals surface area contributed by atoms with Crippen LogP contribution >= 0.6 is 0 Å². The van der Waals surface area contributed by atoms with Crippen molar-refractivity contribution in [1.29, 1.82) is 0 Å². The van der Waals surface area contributed by atoms with Crippen LogP contribution in [0.5, 0.6) is 11.5 Å². The Bertz CT molecular complexity index is 1830. The third-order valence-corrected chi connectivity index (χ3v) is 10.7. The maximum Gasteiger partial charge on any atom is 0.311 e. The number of fused-ring (bicyclic) bond motifs is 2. The van der Waals surface area contributed by atoms with E-state index in [1.54, 1.807) is 12.1 Å². The molecule has 274 valence electrons. The molecule has 2 saturated heterocycles. The van der Waals surface area contributed by atoms with Crippen LogP contribution < -0.4 is 20.1 Å². The Hall–Kier alpha value is -4.80. The van der Waals surface area contributed by atoms with Crippen LogP contribution in [0.3, 0.4) is 0 Å². The van der Waals surface area contributed by atoms with E-state index in [1.165, 1.54) is 0 Å². The Morgan fingerprint density at radius 1 is 0.596 bits per heavy atom. The van der Waals surface area contributed by atoms with Crippen LogP contribution in [-0.4, -0.2) is 59.3 Å². The Morgan fingerprint density at radius 3 is 1.31 bits per heavy atom. The van der Waals surface area contributed by atoms with Crippen LogP contribution in [0.1, 0.15) is 76.3 Å². The molecular weight excluding hydrogens is 660 g/mol. The number of rotatable bonds is 13. The molecule has 4 aromatic rings. The highest BCUT2D eigenvalue weighted by Crippen LogP contribution is 2.44. The number of carbonyl (C=O) groups excluding carboxylic acids is 4. The van der Waals surface area contributed by atoms with Gasteiger partial charge in [-0.2, -0.15) is 0 Å². The van der Waals surface area contributed by atoms with Crippen molar-refractivity contribution in [3.8, 4) is 11.5 Å². The summed E-state index contributed by atoms with van der Waals surface area (Å²) in [5.74, 6) is -1.04. The molecule has 6 rings (SSSR count). The zero-order valence-electron chi connectivity index (χ0n) is 30.1. The zero-order valence-corrected chi connectivity index (χ0v) is 30.1. The van der Waals surface area contributed by atoms with E-state index in [2.05, 4.69) is 10.6 Å². The largest absolute Gasteiger partial charge is 0.426 e. The summed E-state index contributed by atoms with van der Waals surface area (Å²) in [7, 11) is 0. The van der Waals surface area contributed by atoms with Crippen LogP contribution in [0.25, 0.3) is 21.5 Å². The van der Waals surface area contributed by atoms with Crippen LogP contribution in [0.2, 0.25) is 0 Å². The van der Waals surface area contributed by atoms with E-state index < -0.39 is 24.0 Å². The fourth-order valence-corrected chi connectivity index (χ4v) is 8.37. The Labute approximate surface area is 303 Å². The van der Waals surface area contributed by atoms with Gasteiger partial charge in [0.2, 0.25) is 11.8 Å². The van der Waals surface area contributed by atoms with Gasteiger partial charge in [-0.15, -0.1) is 0 Å². The first-order valence-corrected chi connectivity index (χ1v) is 18.3. The number of ether oxygens (including phenoxy) is 2. The van der Waals surface area contributed by atoms with E-state index in [9.17, 15) is 29.4 Å². The summed E-state index contributed by atoms with van der Waals surface area (Å²) in [6, 6.07) is 21.7. The second kappa shape index (κ2) is 15.8. The molecule has 0 radical (unpaired) electrons. The van der Waals surface area contributed by atoms with E-state index in [0.717, 1.165) is 32.7 Å². The van der Waals surface area contributed by atoms with Crippen molar-refractivity contribution >= 4 is 45.3 Å². The number of aliphatic hydroxyl groups is 2. The predicted molar refractivity (Wildman–Crippen MR) is 198 cm³/mol. The Kier molecular flexibility index (Phi) is 11.3. The lowest BCUT2D eigenvalue weighted by Crippen LogP contribution is -2.31. The molecule has 10 nitrogen and oxygen atoms in total. The Balaban J connectivity index is 1.08. The summed E-state index contributed by atoms with van der Waals surface area (Å²) in [5.41, 5.74) is 1.85. The molecule has 52 heavy (non-hydrogen) atoms. The highest BCUT2D eigenvalue weighted by Gasteiger charge is 2.46. The molecule has 2 aliphatic rings. The molecule has 6 atom stereocenters. The van der Waals surface area contributed by atoms with E-state index in [-0.39, 0.29) is 73.4 Å². The Morgan fingerprint density at radius 2 is 0.962 bits per heavy atom. The molecule has 4 N–H and O–H groups in total. The highest BCUT2D eigenvalue weighted by atomic mass is 16.5. The molecule has 0 spiro atoms.